The molecule has 1 atom stereocenters. The average molecular weight is 483 g/mol. The first-order valence-corrected chi connectivity index (χ1v) is 12.3. The topological polar surface area (TPSA) is 93.7 Å². The van der Waals surface area contributed by atoms with Gasteiger partial charge in [0, 0.05) is 5.69 Å². The molecule has 0 aromatic heterocycles. The van der Waals surface area contributed by atoms with Gasteiger partial charge in [0.25, 0.3) is 15.9 Å². The Labute approximate surface area is 201 Å². The van der Waals surface area contributed by atoms with E-state index in [-0.39, 0.29) is 23.5 Å². The van der Waals surface area contributed by atoms with Gasteiger partial charge in [-0.3, -0.25) is 9.52 Å². The van der Waals surface area contributed by atoms with Gasteiger partial charge in [-0.15, -0.1) is 0 Å². The molecule has 2 N–H and O–H groups in total. The summed E-state index contributed by atoms with van der Waals surface area (Å²) in [4.78, 5) is 12.5. The summed E-state index contributed by atoms with van der Waals surface area (Å²) in [5.74, 6) is 0.906. The lowest BCUT2D eigenvalue weighted by molar-refractivity contribution is -0.123. The Bertz CT molecular complexity index is 1270. The van der Waals surface area contributed by atoms with Gasteiger partial charge < -0.3 is 14.8 Å². The van der Waals surface area contributed by atoms with Crippen LogP contribution in [0.2, 0.25) is 0 Å². The molecule has 7 nitrogen and oxygen atoms in total. The van der Waals surface area contributed by atoms with E-state index in [1.165, 1.54) is 12.1 Å². The molecule has 0 saturated carbocycles. The van der Waals surface area contributed by atoms with Gasteiger partial charge in [0.1, 0.15) is 11.5 Å². The Morgan fingerprint density at radius 3 is 2.24 bits per heavy atom. The lowest BCUT2D eigenvalue weighted by Gasteiger charge is -2.16. The quantitative estimate of drug-likeness (QED) is 0.462. The van der Waals surface area contributed by atoms with E-state index in [1.54, 1.807) is 32.2 Å². The first kappa shape index (κ1) is 25.1. The van der Waals surface area contributed by atoms with Gasteiger partial charge in [0.2, 0.25) is 0 Å². The second kappa shape index (κ2) is 10.6. The molecule has 0 saturated heterocycles. The standard InChI is InChI=1S/C26H30N2O5S/c1-17-6-9-22(14-18(17)2)28-34(30,31)24-12-13-25(19(3)15-24)33-16-26(29)27-20(4)21-7-10-23(32-5)11-8-21/h6-15,20,28H,16H2,1-5H3,(H,27,29)/t20-/m1/s1. The number of benzene rings is 3. The molecular formula is C26H30N2O5S. The fraction of sp³-hybridized carbons (Fsp3) is 0.269. The highest BCUT2D eigenvalue weighted by molar-refractivity contribution is 7.92. The molecule has 0 aliphatic carbocycles. The van der Waals surface area contributed by atoms with Crippen molar-refractivity contribution < 1.29 is 22.7 Å². The number of methoxy groups -OCH3 is 1. The zero-order valence-corrected chi connectivity index (χ0v) is 20.8. The lowest BCUT2D eigenvalue weighted by atomic mass is 10.1. The van der Waals surface area contributed by atoms with E-state index in [9.17, 15) is 13.2 Å². The highest BCUT2D eigenvalue weighted by atomic mass is 32.2. The Morgan fingerprint density at radius 1 is 0.912 bits per heavy atom. The van der Waals surface area contributed by atoms with Crippen molar-refractivity contribution in [2.75, 3.05) is 18.4 Å². The number of nitrogens with one attached hydrogen (secondary N) is 2. The molecular weight excluding hydrogens is 452 g/mol. The van der Waals surface area contributed by atoms with Crippen LogP contribution in [0.25, 0.3) is 0 Å². The van der Waals surface area contributed by atoms with Crippen molar-refractivity contribution >= 4 is 21.6 Å². The molecule has 34 heavy (non-hydrogen) atoms. The van der Waals surface area contributed by atoms with Crippen LogP contribution in [0.5, 0.6) is 11.5 Å². The van der Waals surface area contributed by atoms with Crippen LogP contribution in [0.4, 0.5) is 5.69 Å². The number of sulfonamides is 1. The number of amides is 1. The van der Waals surface area contributed by atoms with Crippen molar-refractivity contribution in [3.05, 3.63) is 82.9 Å². The number of anilines is 1. The lowest BCUT2D eigenvalue weighted by Crippen LogP contribution is -2.31. The van der Waals surface area contributed by atoms with Gasteiger partial charge >= 0.3 is 0 Å². The summed E-state index contributed by atoms with van der Waals surface area (Å²) < 4.78 is 39.0. The van der Waals surface area contributed by atoms with Crippen molar-refractivity contribution in [3.8, 4) is 11.5 Å². The van der Waals surface area contributed by atoms with Gasteiger partial charge in [-0.1, -0.05) is 18.2 Å². The smallest absolute Gasteiger partial charge is 0.261 e. The highest BCUT2D eigenvalue weighted by Crippen LogP contribution is 2.24. The van der Waals surface area contributed by atoms with Crippen LogP contribution in [0.3, 0.4) is 0 Å². The largest absolute Gasteiger partial charge is 0.497 e. The summed E-state index contributed by atoms with van der Waals surface area (Å²) in [6.45, 7) is 7.33. The summed E-state index contributed by atoms with van der Waals surface area (Å²) in [6.07, 6.45) is 0. The fourth-order valence-corrected chi connectivity index (χ4v) is 4.51. The number of aryl methyl sites for hydroxylation is 3. The van der Waals surface area contributed by atoms with Gasteiger partial charge in [0.05, 0.1) is 18.0 Å². The summed E-state index contributed by atoms with van der Waals surface area (Å²) in [5.41, 5.74) is 4.14. The predicted octanol–water partition coefficient (Wildman–Crippen LogP) is 4.68. The molecule has 0 unspecified atom stereocenters. The number of carbonyl (C=O) groups is 1. The van der Waals surface area contributed by atoms with E-state index in [0.29, 0.717) is 17.0 Å². The molecule has 0 fully saturated rings. The molecule has 0 heterocycles. The molecule has 1 amide bonds. The Morgan fingerprint density at radius 2 is 1.62 bits per heavy atom. The maximum absolute atomic E-state index is 12.8. The van der Waals surface area contributed by atoms with Gasteiger partial charge in [-0.05, 0) is 92.4 Å². The molecule has 3 rings (SSSR count). The van der Waals surface area contributed by atoms with Crippen LogP contribution in [0.15, 0.2) is 65.6 Å². The molecule has 180 valence electrons. The molecule has 3 aromatic carbocycles. The minimum atomic E-state index is -3.76. The van der Waals surface area contributed by atoms with Crippen LogP contribution in [-0.4, -0.2) is 28.0 Å². The zero-order chi connectivity index (χ0) is 24.9. The predicted molar refractivity (Wildman–Crippen MR) is 133 cm³/mol. The fourth-order valence-electron chi connectivity index (χ4n) is 3.37. The maximum Gasteiger partial charge on any atom is 0.261 e. The van der Waals surface area contributed by atoms with E-state index in [0.717, 1.165) is 22.4 Å². The van der Waals surface area contributed by atoms with Gasteiger partial charge in [-0.2, -0.15) is 0 Å². The van der Waals surface area contributed by atoms with Crippen molar-refractivity contribution in [3.63, 3.8) is 0 Å². The third-order valence-electron chi connectivity index (χ3n) is 5.57. The number of hydrogen-bond acceptors (Lipinski definition) is 5. The average Bonchev–Trinajstić information content (AvgIpc) is 2.80. The second-order valence-electron chi connectivity index (χ2n) is 8.18. The Hall–Kier alpha value is -3.52. The minimum Gasteiger partial charge on any atom is -0.497 e. The van der Waals surface area contributed by atoms with E-state index in [1.807, 2.05) is 51.1 Å². The van der Waals surface area contributed by atoms with Gasteiger partial charge in [0.15, 0.2) is 6.61 Å². The molecule has 3 aromatic rings. The van der Waals surface area contributed by atoms with Crippen LogP contribution >= 0.6 is 0 Å². The second-order valence-corrected chi connectivity index (χ2v) is 9.87. The zero-order valence-electron chi connectivity index (χ0n) is 20.0. The van der Waals surface area contributed by atoms with Crippen LogP contribution < -0.4 is 19.5 Å². The Balaban J connectivity index is 1.60. The van der Waals surface area contributed by atoms with Crippen molar-refractivity contribution in [2.24, 2.45) is 0 Å². The maximum atomic E-state index is 12.8. The first-order chi connectivity index (χ1) is 16.1. The van der Waals surface area contributed by atoms with Crippen molar-refractivity contribution in [1.29, 1.82) is 0 Å². The van der Waals surface area contributed by atoms with Crippen LogP contribution in [0.1, 0.15) is 35.2 Å². The van der Waals surface area contributed by atoms with Crippen LogP contribution in [0, 0.1) is 20.8 Å². The van der Waals surface area contributed by atoms with E-state index in [2.05, 4.69) is 10.0 Å². The molecule has 8 heteroatoms. The summed E-state index contributed by atoms with van der Waals surface area (Å²) in [7, 11) is -2.16. The SMILES string of the molecule is COc1ccc([C@@H](C)NC(=O)COc2ccc(S(=O)(=O)Nc3ccc(C)c(C)c3)cc2C)cc1. The molecule has 0 aliphatic heterocycles. The monoisotopic (exact) mass is 482 g/mol. The van der Waals surface area contributed by atoms with Gasteiger partial charge in [-0.25, -0.2) is 8.42 Å². The van der Waals surface area contributed by atoms with Crippen LogP contribution in [-0.2, 0) is 14.8 Å². The number of hydrogen-bond donors (Lipinski definition) is 2. The molecule has 0 aliphatic rings. The number of rotatable bonds is 9. The third-order valence-corrected chi connectivity index (χ3v) is 6.95. The van der Waals surface area contributed by atoms with E-state index < -0.39 is 10.0 Å². The number of ether oxygens (including phenoxy) is 2. The summed E-state index contributed by atoms with van der Waals surface area (Å²) in [6, 6.07) is 17.2. The Kier molecular flexibility index (Phi) is 7.83. The third kappa shape index (κ3) is 6.29. The molecule has 0 spiro atoms. The highest BCUT2D eigenvalue weighted by Gasteiger charge is 2.17. The van der Waals surface area contributed by atoms with Crippen molar-refractivity contribution in [2.45, 2.75) is 38.6 Å². The normalized spacial score (nSPS) is 12.0. The van der Waals surface area contributed by atoms with Crippen molar-refractivity contribution in [1.82, 2.24) is 5.32 Å². The molecule has 0 bridgehead atoms. The number of carbonyl (C=O) groups excluding carboxylic acids is 1. The first-order valence-electron chi connectivity index (χ1n) is 10.9. The molecule has 0 radical (unpaired) electrons. The van der Waals surface area contributed by atoms with E-state index in [4.69, 9.17) is 9.47 Å². The minimum absolute atomic E-state index is 0.119. The summed E-state index contributed by atoms with van der Waals surface area (Å²) in [5, 5.41) is 2.88. The summed E-state index contributed by atoms with van der Waals surface area (Å²) >= 11 is 0. The van der Waals surface area contributed by atoms with E-state index >= 15 is 0 Å².